The van der Waals surface area contributed by atoms with Gasteiger partial charge in [0.05, 0.1) is 38.1 Å². The zero-order valence-corrected chi connectivity index (χ0v) is 21.6. The van der Waals surface area contributed by atoms with Crippen LogP contribution in [0.3, 0.4) is 0 Å². The smallest absolute Gasteiger partial charge is 0.406 e. The number of morpholine rings is 1. The van der Waals surface area contributed by atoms with Gasteiger partial charge in [-0.05, 0) is 50.5 Å². The summed E-state index contributed by atoms with van der Waals surface area (Å²) >= 11 is 0. The molecule has 2 heterocycles. The first-order valence-electron chi connectivity index (χ1n) is 12.7. The Bertz CT molecular complexity index is 1050. The highest BCUT2D eigenvalue weighted by atomic mass is 19.1. The van der Waals surface area contributed by atoms with Crippen LogP contribution in [0.1, 0.15) is 37.9 Å². The maximum Gasteiger partial charge on any atom is 0.406 e. The van der Waals surface area contributed by atoms with Gasteiger partial charge in [0.15, 0.2) is 0 Å². The molecule has 1 saturated heterocycles. The summed E-state index contributed by atoms with van der Waals surface area (Å²) in [5, 5.41) is 6.01. The molecule has 1 aromatic carbocycles. The number of nitrogens with one attached hydrogen (secondary N) is 2. The lowest BCUT2D eigenvalue weighted by molar-refractivity contribution is -0.150. The zero-order chi connectivity index (χ0) is 26.4. The molecule has 202 valence electrons. The van der Waals surface area contributed by atoms with Crippen LogP contribution in [0.4, 0.5) is 9.18 Å². The van der Waals surface area contributed by atoms with Crippen molar-refractivity contribution in [1.29, 1.82) is 0 Å². The molecular weight excluding hydrogens is 481 g/mol. The third-order valence-electron chi connectivity index (χ3n) is 6.70. The summed E-state index contributed by atoms with van der Waals surface area (Å²) in [5.41, 5.74) is 1.52. The summed E-state index contributed by atoms with van der Waals surface area (Å²) in [6.07, 6.45) is 3.45. The molecule has 1 saturated carbocycles. The van der Waals surface area contributed by atoms with Crippen LogP contribution >= 0.6 is 0 Å². The predicted molar refractivity (Wildman–Crippen MR) is 134 cm³/mol. The molecule has 1 aromatic heterocycles. The number of carbonyl (C=O) groups is 2. The Hall–Kier alpha value is -3.02. The lowest BCUT2D eigenvalue weighted by Gasteiger charge is -2.35. The number of hydrogen-bond acceptors (Lipinski definition) is 7. The van der Waals surface area contributed by atoms with Crippen LogP contribution in [-0.4, -0.2) is 85.2 Å². The van der Waals surface area contributed by atoms with Gasteiger partial charge in [0.1, 0.15) is 17.7 Å². The number of nitrogens with zero attached hydrogens (tertiary/aromatic N) is 3. The molecule has 1 aliphatic heterocycles. The van der Waals surface area contributed by atoms with Crippen molar-refractivity contribution in [3.05, 3.63) is 42.0 Å². The van der Waals surface area contributed by atoms with Crippen molar-refractivity contribution >= 4 is 12.0 Å². The molecule has 2 amide bonds. The highest BCUT2D eigenvalue weighted by Crippen LogP contribution is 2.36. The molecule has 4 rings (SSSR count). The van der Waals surface area contributed by atoms with Gasteiger partial charge in [-0.3, -0.25) is 4.79 Å². The Morgan fingerprint density at radius 2 is 2.05 bits per heavy atom. The second-order valence-electron chi connectivity index (χ2n) is 9.50. The monoisotopic (exact) mass is 517 g/mol. The summed E-state index contributed by atoms with van der Waals surface area (Å²) in [6.45, 7) is 4.37. The van der Waals surface area contributed by atoms with E-state index in [1.54, 1.807) is 19.2 Å². The minimum absolute atomic E-state index is 0.0430. The van der Waals surface area contributed by atoms with Crippen molar-refractivity contribution in [3.63, 3.8) is 0 Å². The molecule has 0 spiro atoms. The maximum atomic E-state index is 13.6. The third-order valence-corrected chi connectivity index (χ3v) is 6.70. The average molecular weight is 518 g/mol. The fourth-order valence-corrected chi connectivity index (χ4v) is 4.59. The van der Waals surface area contributed by atoms with Crippen LogP contribution in [0.25, 0.3) is 11.4 Å². The maximum absolute atomic E-state index is 13.6. The van der Waals surface area contributed by atoms with E-state index in [1.165, 1.54) is 19.2 Å². The first kappa shape index (κ1) is 27.0. The van der Waals surface area contributed by atoms with Crippen molar-refractivity contribution in [2.24, 2.45) is 0 Å². The van der Waals surface area contributed by atoms with Crippen molar-refractivity contribution in [1.82, 2.24) is 25.1 Å². The first-order valence-corrected chi connectivity index (χ1v) is 12.7. The molecule has 11 heteroatoms. The van der Waals surface area contributed by atoms with Crippen LogP contribution in [0.5, 0.6) is 0 Å². The molecule has 2 aliphatic rings. The summed E-state index contributed by atoms with van der Waals surface area (Å²) in [6, 6.07) is 6.15. The van der Waals surface area contributed by atoms with Gasteiger partial charge in [-0.1, -0.05) is 0 Å². The molecule has 3 atom stereocenters. The molecule has 2 aromatic rings. The number of alkyl carbamates (subject to hydrolysis) is 1. The Morgan fingerprint density at radius 1 is 1.30 bits per heavy atom. The van der Waals surface area contributed by atoms with Gasteiger partial charge in [0.25, 0.3) is 5.91 Å². The highest BCUT2D eigenvalue weighted by molar-refractivity contribution is 5.82. The third kappa shape index (κ3) is 6.85. The topological polar surface area (TPSA) is 107 Å². The number of imidazole rings is 1. The second-order valence-corrected chi connectivity index (χ2v) is 9.50. The van der Waals surface area contributed by atoms with E-state index in [0.29, 0.717) is 45.1 Å². The number of ether oxygens (including phenoxy) is 3. The minimum Gasteiger partial charge on any atom is -0.453 e. The lowest BCUT2D eigenvalue weighted by atomic mass is 10.1. The molecule has 2 fully saturated rings. The number of amides is 2. The summed E-state index contributed by atoms with van der Waals surface area (Å²) in [4.78, 5) is 31.7. The van der Waals surface area contributed by atoms with E-state index in [9.17, 15) is 14.0 Å². The van der Waals surface area contributed by atoms with Crippen molar-refractivity contribution in [3.8, 4) is 11.4 Å². The lowest BCUT2D eigenvalue weighted by Crippen LogP contribution is -2.55. The fraction of sp³-hybridized carbons (Fsp3) is 0.577. The number of rotatable bonds is 11. The minimum atomic E-state index is -0.556. The highest BCUT2D eigenvalue weighted by Gasteiger charge is 2.41. The van der Waals surface area contributed by atoms with Gasteiger partial charge < -0.3 is 34.3 Å². The van der Waals surface area contributed by atoms with E-state index in [0.717, 1.165) is 24.1 Å². The standard InChI is InChI=1S/C26H36FN5O5/c1-17(32(21-9-10-21)25(33)23-13-29-20(15-35-2)16-37-23)22-14-31(12-4-11-28-26(34)36-3)24(30-22)18-5-7-19(27)8-6-18/h5-8,14,17,20-21,23,29H,4,9-13,15-16H2,1-3H3,(H,28,34)/t17-,20+,23-/m1/s1. The fourth-order valence-electron chi connectivity index (χ4n) is 4.59. The number of carbonyl (C=O) groups excluding carboxylic acids is 2. The van der Waals surface area contributed by atoms with E-state index in [2.05, 4.69) is 15.4 Å². The van der Waals surface area contributed by atoms with Gasteiger partial charge >= 0.3 is 6.09 Å². The molecule has 1 aliphatic carbocycles. The number of hydrogen-bond donors (Lipinski definition) is 2. The number of methoxy groups -OCH3 is 2. The molecule has 0 unspecified atom stereocenters. The first-order chi connectivity index (χ1) is 17.9. The molecule has 0 radical (unpaired) electrons. The molecule has 10 nitrogen and oxygen atoms in total. The van der Waals surface area contributed by atoms with Crippen LogP contribution in [0, 0.1) is 5.82 Å². The van der Waals surface area contributed by atoms with E-state index < -0.39 is 12.2 Å². The largest absolute Gasteiger partial charge is 0.453 e. The van der Waals surface area contributed by atoms with Crippen LogP contribution in [0.15, 0.2) is 30.5 Å². The van der Waals surface area contributed by atoms with Gasteiger partial charge in [0.2, 0.25) is 0 Å². The number of aromatic nitrogens is 2. The van der Waals surface area contributed by atoms with E-state index >= 15 is 0 Å². The Labute approximate surface area is 216 Å². The van der Waals surface area contributed by atoms with E-state index in [4.69, 9.17) is 14.5 Å². The summed E-state index contributed by atoms with van der Waals surface area (Å²) < 4.78 is 31.3. The van der Waals surface area contributed by atoms with Crippen LogP contribution in [-0.2, 0) is 25.5 Å². The van der Waals surface area contributed by atoms with Crippen molar-refractivity contribution in [2.45, 2.75) is 57.0 Å². The second kappa shape index (κ2) is 12.5. The van der Waals surface area contributed by atoms with Gasteiger partial charge in [-0.2, -0.15) is 0 Å². The molecule has 37 heavy (non-hydrogen) atoms. The average Bonchev–Trinajstić information content (AvgIpc) is 3.65. The Kier molecular flexibility index (Phi) is 9.12. The summed E-state index contributed by atoms with van der Waals surface area (Å²) in [5.74, 6) is 0.316. The SMILES string of the molecule is COC[C@H]1CO[C@@H](C(=O)N(C2CC2)[C@H](C)c2cn(CCCNC(=O)OC)c(-c3ccc(F)cc3)n2)CN1. The van der Waals surface area contributed by atoms with E-state index in [-0.39, 0.29) is 29.8 Å². The normalized spacial score (nSPS) is 20.3. The Morgan fingerprint density at radius 3 is 2.68 bits per heavy atom. The van der Waals surface area contributed by atoms with Crippen molar-refractivity contribution in [2.75, 3.05) is 40.5 Å². The predicted octanol–water partition coefficient (Wildman–Crippen LogP) is 2.49. The molecule has 0 bridgehead atoms. The Balaban J connectivity index is 1.52. The van der Waals surface area contributed by atoms with Crippen LogP contribution < -0.4 is 10.6 Å². The molecular formula is C26H36FN5O5. The molecule has 2 N–H and O–H groups in total. The summed E-state index contributed by atoms with van der Waals surface area (Å²) in [7, 11) is 2.97. The van der Waals surface area contributed by atoms with Crippen LogP contribution in [0.2, 0.25) is 0 Å². The van der Waals surface area contributed by atoms with Gasteiger partial charge in [0, 0.05) is 44.5 Å². The van der Waals surface area contributed by atoms with Gasteiger partial charge in [-0.25, -0.2) is 14.2 Å². The quantitative estimate of drug-likeness (QED) is 0.441. The van der Waals surface area contributed by atoms with E-state index in [1.807, 2.05) is 22.6 Å². The van der Waals surface area contributed by atoms with Gasteiger partial charge in [-0.15, -0.1) is 0 Å². The number of benzene rings is 1. The number of halogens is 1. The number of aryl methyl sites for hydroxylation is 1. The zero-order valence-electron chi connectivity index (χ0n) is 21.6. The van der Waals surface area contributed by atoms with Crippen molar-refractivity contribution < 1.29 is 28.2 Å².